The molecule has 1 heterocycles. The molecule has 0 saturated heterocycles. The Balaban J connectivity index is 1.91. The predicted octanol–water partition coefficient (Wildman–Crippen LogP) is 2.28. The average Bonchev–Trinajstić information content (AvgIpc) is 2.98. The minimum absolute atomic E-state index is 0.150. The van der Waals surface area contributed by atoms with Gasteiger partial charge in [0.15, 0.2) is 0 Å². The number of nitrogens with one attached hydrogen (secondary N) is 1. The smallest absolute Gasteiger partial charge is 0.291 e. The molecule has 1 saturated carbocycles. The van der Waals surface area contributed by atoms with Crippen LogP contribution in [0.2, 0.25) is 0 Å². The molecule has 1 amide bonds. The fourth-order valence-corrected chi connectivity index (χ4v) is 1.96. The highest BCUT2D eigenvalue weighted by atomic mass is 32.1. The maximum Gasteiger partial charge on any atom is 0.291 e. The SMILES string of the molecule is CCOC(=NCC1CC1)NC(=O)c1cccs1. The second kappa shape index (κ2) is 5.82. The van der Waals surface area contributed by atoms with Crippen LogP contribution in [0.5, 0.6) is 0 Å². The molecular formula is C12H16N2O2S. The largest absolute Gasteiger partial charge is 0.465 e. The number of hydrogen-bond donors (Lipinski definition) is 1. The van der Waals surface area contributed by atoms with Gasteiger partial charge in [0, 0.05) is 6.54 Å². The van der Waals surface area contributed by atoms with Crippen LogP contribution in [0, 0.1) is 5.92 Å². The lowest BCUT2D eigenvalue weighted by Gasteiger charge is -2.08. The molecule has 0 radical (unpaired) electrons. The van der Waals surface area contributed by atoms with Crippen molar-refractivity contribution in [1.29, 1.82) is 0 Å². The lowest BCUT2D eigenvalue weighted by Crippen LogP contribution is -2.32. The highest BCUT2D eigenvalue weighted by Gasteiger charge is 2.21. The Morgan fingerprint density at radius 2 is 2.47 bits per heavy atom. The summed E-state index contributed by atoms with van der Waals surface area (Å²) in [4.78, 5) is 16.8. The van der Waals surface area contributed by atoms with Gasteiger partial charge >= 0.3 is 0 Å². The fraction of sp³-hybridized carbons (Fsp3) is 0.500. The molecule has 0 atom stereocenters. The number of amides is 1. The van der Waals surface area contributed by atoms with Crippen LogP contribution in [0.25, 0.3) is 0 Å². The molecule has 1 aromatic rings. The first-order valence-electron chi connectivity index (χ1n) is 5.81. The monoisotopic (exact) mass is 252 g/mol. The summed E-state index contributed by atoms with van der Waals surface area (Å²) in [6, 6.07) is 3.98. The minimum atomic E-state index is -0.150. The quantitative estimate of drug-likeness (QED) is 0.660. The molecule has 1 fully saturated rings. The zero-order valence-electron chi connectivity index (χ0n) is 9.81. The third kappa shape index (κ3) is 3.85. The fourth-order valence-electron chi connectivity index (χ4n) is 1.34. The van der Waals surface area contributed by atoms with Crippen LogP contribution >= 0.6 is 11.3 Å². The number of rotatable bonds is 4. The van der Waals surface area contributed by atoms with Crippen molar-refractivity contribution in [2.24, 2.45) is 10.9 Å². The van der Waals surface area contributed by atoms with Gasteiger partial charge in [-0.3, -0.25) is 10.1 Å². The van der Waals surface area contributed by atoms with E-state index in [0.717, 1.165) is 6.54 Å². The zero-order chi connectivity index (χ0) is 12.1. The van der Waals surface area contributed by atoms with Crippen molar-refractivity contribution in [3.8, 4) is 0 Å². The second-order valence-electron chi connectivity index (χ2n) is 3.95. The lowest BCUT2D eigenvalue weighted by atomic mass is 10.4. The van der Waals surface area contributed by atoms with Crippen molar-refractivity contribution in [2.75, 3.05) is 13.2 Å². The number of amidine groups is 1. The van der Waals surface area contributed by atoms with Crippen LogP contribution in [0.1, 0.15) is 29.4 Å². The van der Waals surface area contributed by atoms with Crippen molar-refractivity contribution in [1.82, 2.24) is 5.32 Å². The molecule has 1 N–H and O–H groups in total. The Morgan fingerprint density at radius 3 is 3.06 bits per heavy atom. The van der Waals surface area contributed by atoms with Crippen molar-refractivity contribution < 1.29 is 9.53 Å². The summed E-state index contributed by atoms with van der Waals surface area (Å²) < 4.78 is 5.31. The van der Waals surface area contributed by atoms with Gasteiger partial charge in [0.2, 0.25) is 0 Å². The van der Waals surface area contributed by atoms with E-state index in [9.17, 15) is 4.79 Å². The molecule has 0 aliphatic heterocycles. The molecule has 0 bridgehead atoms. The van der Waals surface area contributed by atoms with E-state index < -0.39 is 0 Å². The highest BCUT2D eigenvalue weighted by Crippen LogP contribution is 2.28. The van der Waals surface area contributed by atoms with Gasteiger partial charge in [-0.05, 0) is 37.1 Å². The normalized spacial score (nSPS) is 15.7. The van der Waals surface area contributed by atoms with E-state index in [4.69, 9.17) is 4.74 Å². The Hall–Kier alpha value is -1.36. The van der Waals surface area contributed by atoms with Crippen LogP contribution in [0.15, 0.2) is 22.5 Å². The molecule has 0 spiro atoms. The summed E-state index contributed by atoms with van der Waals surface area (Å²) in [5.74, 6) is 0.534. The van der Waals surface area contributed by atoms with Crippen molar-refractivity contribution in [3.05, 3.63) is 22.4 Å². The van der Waals surface area contributed by atoms with E-state index in [1.54, 1.807) is 6.07 Å². The topological polar surface area (TPSA) is 50.7 Å². The number of nitrogens with zero attached hydrogens (tertiary/aromatic N) is 1. The number of carbonyl (C=O) groups is 1. The van der Waals surface area contributed by atoms with Gasteiger partial charge in [0.05, 0.1) is 11.5 Å². The van der Waals surface area contributed by atoms with Gasteiger partial charge in [0.1, 0.15) is 0 Å². The van der Waals surface area contributed by atoms with Crippen LogP contribution in [-0.2, 0) is 4.74 Å². The first-order valence-corrected chi connectivity index (χ1v) is 6.69. The Labute approximate surface area is 105 Å². The van der Waals surface area contributed by atoms with E-state index in [-0.39, 0.29) is 5.91 Å². The highest BCUT2D eigenvalue weighted by molar-refractivity contribution is 7.12. The average molecular weight is 252 g/mol. The predicted molar refractivity (Wildman–Crippen MR) is 68.4 cm³/mol. The third-order valence-electron chi connectivity index (χ3n) is 2.44. The van der Waals surface area contributed by atoms with Gasteiger partial charge in [-0.15, -0.1) is 11.3 Å². The van der Waals surface area contributed by atoms with Gasteiger partial charge in [-0.2, -0.15) is 0 Å². The number of carbonyl (C=O) groups excluding carboxylic acids is 1. The molecule has 1 aliphatic carbocycles. The van der Waals surface area contributed by atoms with Crippen molar-refractivity contribution in [3.63, 3.8) is 0 Å². The van der Waals surface area contributed by atoms with Crippen molar-refractivity contribution >= 4 is 23.3 Å². The summed E-state index contributed by atoms with van der Waals surface area (Å²) in [5, 5.41) is 4.57. The van der Waals surface area contributed by atoms with Gasteiger partial charge in [-0.25, -0.2) is 4.99 Å². The van der Waals surface area contributed by atoms with Gasteiger partial charge in [-0.1, -0.05) is 6.07 Å². The van der Waals surface area contributed by atoms with E-state index in [1.165, 1.54) is 24.2 Å². The minimum Gasteiger partial charge on any atom is -0.465 e. The van der Waals surface area contributed by atoms with Gasteiger partial charge < -0.3 is 4.74 Å². The Bertz CT molecular complexity index is 397. The molecule has 0 aromatic carbocycles. The number of hydrogen-bond acceptors (Lipinski definition) is 4. The summed E-state index contributed by atoms with van der Waals surface area (Å²) >= 11 is 1.41. The molecule has 4 nitrogen and oxygen atoms in total. The molecule has 92 valence electrons. The van der Waals surface area contributed by atoms with E-state index in [0.29, 0.717) is 23.4 Å². The third-order valence-corrected chi connectivity index (χ3v) is 3.31. The molecule has 2 rings (SSSR count). The second-order valence-corrected chi connectivity index (χ2v) is 4.90. The number of aliphatic imine (C=N–C) groups is 1. The van der Waals surface area contributed by atoms with Gasteiger partial charge in [0.25, 0.3) is 11.9 Å². The zero-order valence-corrected chi connectivity index (χ0v) is 10.6. The molecule has 1 aliphatic rings. The standard InChI is InChI=1S/C12H16N2O2S/c1-2-16-12(13-8-9-5-6-9)14-11(15)10-4-3-7-17-10/h3-4,7,9H,2,5-6,8H2,1H3,(H,13,14,15). The summed E-state index contributed by atoms with van der Waals surface area (Å²) in [6.07, 6.45) is 2.48. The van der Waals surface area contributed by atoms with Crippen LogP contribution in [-0.4, -0.2) is 25.1 Å². The maximum absolute atomic E-state index is 11.8. The molecular weight excluding hydrogens is 236 g/mol. The van der Waals surface area contributed by atoms with Crippen LogP contribution in [0.4, 0.5) is 0 Å². The molecule has 0 unspecified atom stereocenters. The summed E-state index contributed by atoms with van der Waals surface area (Å²) in [7, 11) is 0. The Kier molecular flexibility index (Phi) is 4.14. The molecule has 5 heteroatoms. The van der Waals surface area contributed by atoms with E-state index >= 15 is 0 Å². The molecule has 17 heavy (non-hydrogen) atoms. The first kappa shape index (κ1) is 12.1. The number of ether oxygens (including phenoxy) is 1. The van der Waals surface area contributed by atoms with Crippen LogP contribution < -0.4 is 5.32 Å². The maximum atomic E-state index is 11.8. The summed E-state index contributed by atoms with van der Waals surface area (Å²) in [5.41, 5.74) is 0. The Morgan fingerprint density at radius 1 is 1.65 bits per heavy atom. The van der Waals surface area contributed by atoms with Crippen LogP contribution in [0.3, 0.4) is 0 Å². The van der Waals surface area contributed by atoms with E-state index in [1.807, 2.05) is 18.4 Å². The summed E-state index contributed by atoms with van der Waals surface area (Å²) in [6.45, 7) is 3.14. The first-order chi connectivity index (χ1) is 8.29. The van der Waals surface area contributed by atoms with Crippen molar-refractivity contribution in [2.45, 2.75) is 19.8 Å². The van der Waals surface area contributed by atoms with E-state index in [2.05, 4.69) is 10.3 Å². The lowest BCUT2D eigenvalue weighted by molar-refractivity contribution is 0.0970. The molecule has 1 aromatic heterocycles. The number of thiophene rings is 1.